The molecule has 3 rings (SSSR count). The summed E-state index contributed by atoms with van der Waals surface area (Å²) in [6.07, 6.45) is 2.49. The van der Waals surface area contributed by atoms with Gasteiger partial charge in [0.1, 0.15) is 17.9 Å². The van der Waals surface area contributed by atoms with Crippen LogP contribution < -0.4 is 10.5 Å². The first-order valence-corrected chi connectivity index (χ1v) is 5.23. The highest BCUT2D eigenvalue weighted by Crippen LogP contribution is 2.27. The van der Waals surface area contributed by atoms with E-state index in [0.717, 1.165) is 30.3 Å². The van der Waals surface area contributed by atoms with E-state index in [4.69, 9.17) is 10.5 Å². The quantitative estimate of drug-likeness (QED) is 0.800. The first-order chi connectivity index (χ1) is 7.88. The van der Waals surface area contributed by atoms with E-state index in [-0.39, 0.29) is 0 Å². The molecule has 0 radical (unpaired) electrons. The van der Waals surface area contributed by atoms with Crippen molar-refractivity contribution in [1.29, 1.82) is 0 Å². The largest absolute Gasteiger partial charge is 0.493 e. The van der Waals surface area contributed by atoms with Gasteiger partial charge < -0.3 is 10.5 Å². The van der Waals surface area contributed by atoms with Crippen LogP contribution in [0.2, 0.25) is 0 Å². The van der Waals surface area contributed by atoms with E-state index in [0.29, 0.717) is 6.54 Å². The molecular weight excluding hydrogens is 204 g/mol. The zero-order valence-electron chi connectivity index (χ0n) is 8.76. The molecule has 16 heavy (non-hydrogen) atoms. The molecule has 1 aliphatic heterocycles. The van der Waals surface area contributed by atoms with Crippen molar-refractivity contribution in [2.45, 2.75) is 13.0 Å². The lowest BCUT2D eigenvalue weighted by atomic mass is 10.1. The second-order valence-electron chi connectivity index (χ2n) is 3.68. The van der Waals surface area contributed by atoms with Gasteiger partial charge in [-0.3, -0.25) is 0 Å². The summed E-state index contributed by atoms with van der Waals surface area (Å²) >= 11 is 0. The summed E-state index contributed by atoms with van der Waals surface area (Å²) in [5.41, 5.74) is 7.78. The fourth-order valence-electron chi connectivity index (χ4n) is 1.91. The molecule has 0 saturated carbocycles. The van der Waals surface area contributed by atoms with Crippen LogP contribution >= 0.6 is 0 Å². The lowest BCUT2D eigenvalue weighted by Crippen LogP contribution is -2.08. The van der Waals surface area contributed by atoms with Crippen LogP contribution in [0.3, 0.4) is 0 Å². The molecule has 0 unspecified atom stereocenters. The van der Waals surface area contributed by atoms with Crippen LogP contribution in [0.1, 0.15) is 11.4 Å². The second-order valence-corrected chi connectivity index (χ2v) is 3.68. The molecule has 0 saturated heterocycles. The number of fused-ring (bicyclic) bond motifs is 1. The Morgan fingerprint density at radius 2 is 2.38 bits per heavy atom. The average Bonchev–Trinajstić information content (AvgIpc) is 2.96. The highest BCUT2D eigenvalue weighted by molar-refractivity contribution is 5.46. The monoisotopic (exact) mass is 216 g/mol. The molecule has 2 N–H and O–H groups in total. The van der Waals surface area contributed by atoms with Crippen LogP contribution in [-0.4, -0.2) is 21.4 Å². The third kappa shape index (κ3) is 1.37. The Morgan fingerprint density at radius 1 is 1.44 bits per heavy atom. The zero-order chi connectivity index (χ0) is 11.0. The molecule has 2 aromatic rings. The summed E-state index contributed by atoms with van der Waals surface area (Å²) in [6, 6.07) is 6.07. The lowest BCUT2D eigenvalue weighted by molar-refractivity contribution is 0.356. The average molecular weight is 216 g/mol. The molecule has 5 nitrogen and oxygen atoms in total. The van der Waals surface area contributed by atoms with Gasteiger partial charge in [-0.15, -0.1) is 0 Å². The van der Waals surface area contributed by atoms with Crippen molar-refractivity contribution in [3.05, 3.63) is 35.9 Å². The Kier molecular flexibility index (Phi) is 2.11. The first kappa shape index (κ1) is 9.35. The summed E-state index contributed by atoms with van der Waals surface area (Å²) < 4.78 is 7.26. The number of nitrogens with two attached hydrogens (primary N) is 1. The van der Waals surface area contributed by atoms with Crippen LogP contribution in [0.15, 0.2) is 24.5 Å². The summed E-state index contributed by atoms with van der Waals surface area (Å²) in [4.78, 5) is 4.09. The van der Waals surface area contributed by atoms with Crippen molar-refractivity contribution in [1.82, 2.24) is 14.8 Å². The van der Waals surface area contributed by atoms with E-state index < -0.39 is 0 Å². The number of ether oxygens (including phenoxy) is 1. The van der Waals surface area contributed by atoms with Gasteiger partial charge in [0, 0.05) is 12.5 Å². The van der Waals surface area contributed by atoms with Gasteiger partial charge in [0.05, 0.1) is 18.8 Å². The molecule has 0 fully saturated rings. The smallest absolute Gasteiger partial charge is 0.145 e. The highest BCUT2D eigenvalue weighted by Gasteiger charge is 2.14. The van der Waals surface area contributed by atoms with Crippen molar-refractivity contribution in [3.8, 4) is 11.4 Å². The molecule has 82 valence electrons. The highest BCUT2D eigenvalue weighted by atomic mass is 16.5. The molecule has 0 bridgehead atoms. The minimum absolute atomic E-state index is 0.373. The molecule has 0 amide bonds. The van der Waals surface area contributed by atoms with Crippen LogP contribution in [0.4, 0.5) is 0 Å². The molecule has 2 heterocycles. The zero-order valence-corrected chi connectivity index (χ0v) is 8.76. The third-order valence-electron chi connectivity index (χ3n) is 2.73. The molecule has 5 heteroatoms. The van der Waals surface area contributed by atoms with Gasteiger partial charge in [0.15, 0.2) is 0 Å². The molecule has 0 spiro atoms. The molecular formula is C11H12N4O. The van der Waals surface area contributed by atoms with Crippen LogP contribution in [0.5, 0.6) is 5.75 Å². The molecule has 1 aliphatic rings. The van der Waals surface area contributed by atoms with Crippen molar-refractivity contribution >= 4 is 0 Å². The predicted molar refractivity (Wildman–Crippen MR) is 58.4 cm³/mol. The summed E-state index contributed by atoms with van der Waals surface area (Å²) in [5.74, 6) is 1.69. The SMILES string of the molecule is NCc1ncnn1-c1ccc2c(c1)OCC2. The topological polar surface area (TPSA) is 66.0 Å². The van der Waals surface area contributed by atoms with E-state index in [9.17, 15) is 0 Å². The van der Waals surface area contributed by atoms with Crippen LogP contribution in [-0.2, 0) is 13.0 Å². The van der Waals surface area contributed by atoms with Crippen molar-refractivity contribution in [3.63, 3.8) is 0 Å². The van der Waals surface area contributed by atoms with E-state index in [1.54, 1.807) is 4.68 Å². The van der Waals surface area contributed by atoms with Crippen LogP contribution in [0, 0.1) is 0 Å². The van der Waals surface area contributed by atoms with Gasteiger partial charge in [-0.25, -0.2) is 9.67 Å². The third-order valence-corrected chi connectivity index (χ3v) is 2.73. The summed E-state index contributed by atoms with van der Waals surface area (Å²) in [7, 11) is 0. The van der Waals surface area contributed by atoms with E-state index in [2.05, 4.69) is 16.1 Å². The fourth-order valence-corrected chi connectivity index (χ4v) is 1.91. The number of hydrogen-bond acceptors (Lipinski definition) is 4. The number of benzene rings is 1. The Labute approximate surface area is 92.9 Å². The van der Waals surface area contributed by atoms with Gasteiger partial charge in [0.2, 0.25) is 0 Å². The normalized spacial score (nSPS) is 13.6. The van der Waals surface area contributed by atoms with Gasteiger partial charge in [0.25, 0.3) is 0 Å². The van der Waals surface area contributed by atoms with Crippen molar-refractivity contribution in [2.75, 3.05) is 6.61 Å². The van der Waals surface area contributed by atoms with E-state index in [1.807, 2.05) is 12.1 Å². The van der Waals surface area contributed by atoms with Crippen LogP contribution in [0.25, 0.3) is 5.69 Å². The predicted octanol–water partition coefficient (Wildman–Crippen LogP) is 0.661. The number of hydrogen-bond donors (Lipinski definition) is 1. The van der Waals surface area contributed by atoms with Gasteiger partial charge in [-0.1, -0.05) is 6.07 Å². The Balaban J connectivity index is 2.07. The van der Waals surface area contributed by atoms with Gasteiger partial charge >= 0.3 is 0 Å². The number of aromatic nitrogens is 3. The van der Waals surface area contributed by atoms with Gasteiger partial charge in [-0.05, 0) is 11.6 Å². The Bertz CT molecular complexity index is 520. The summed E-state index contributed by atoms with van der Waals surface area (Å²) in [5, 5.41) is 4.15. The molecule has 0 atom stereocenters. The maximum atomic E-state index is 5.59. The number of rotatable bonds is 2. The Morgan fingerprint density at radius 3 is 3.25 bits per heavy atom. The van der Waals surface area contributed by atoms with E-state index >= 15 is 0 Å². The molecule has 1 aromatic carbocycles. The molecule has 1 aromatic heterocycles. The van der Waals surface area contributed by atoms with Crippen molar-refractivity contribution < 1.29 is 4.74 Å². The second kappa shape index (κ2) is 3.61. The Hall–Kier alpha value is -1.88. The van der Waals surface area contributed by atoms with Gasteiger partial charge in [-0.2, -0.15) is 5.10 Å². The maximum absolute atomic E-state index is 5.59. The summed E-state index contributed by atoms with van der Waals surface area (Å²) in [6.45, 7) is 1.14. The standard InChI is InChI=1S/C11H12N4O/c12-6-11-13-7-14-15(11)9-2-1-8-3-4-16-10(8)5-9/h1-2,5,7H,3-4,6,12H2. The van der Waals surface area contributed by atoms with Crippen molar-refractivity contribution in [2.24, 2.45) is 5.73 Å². The minimum Gasteiger partial charge on any atom is -0.493 e. The minimum atomic E-state index is 0.373. The van der Waals surface area contributed by atoms with E-state index in [1.165, 1.54) is 11.9 Å². The fraction of sp³-hybridized carbons (Fsp3) is 0.273. The first-order valence-electron chi connectivity index (χ1n) is 5.23. The number of nitrogens with zero attached hydrogens (tertiary/aromatic N) is 3. The maximum Gasteiger partial charge on any atom is 0.145 e. The molecule has 0 aliphatic carbocycles. The lowest BCUT2D eigenvalue weighted by Gasteiger charge is -2.06.